The van der Waals surface area contributed by atoms with Crippen LogP contribution in [-0.4, -0.2) is 20.6 Å². The summed E-state index contributed by atoms with van der Waals surface area (Å²) in [6, 6.07) is 9.96. The number of aromatic nitrogens is 2. The second-order valence-electron chi connectivity index (χ2n) is 5.30. The lowest BCUT2D eigenvalue weighted by Crippen LogP contribution is -2.26. The molecule has 0 radical (unpaired) electrons. The van der Waals surface area contributed by atoms with Gasteiger partial charge in [-0.3, -0.25) is 5.10 Å². The Hall–Kier alpha value is -1.76. The minimum absolute atomic E-state index is 0.249. The fourth-order valence-electron chi connectivity index (χ4n) is 2.47. The number of benzene rings is 1. The molecule has 0 aliphatic carbocycles. The first-order valence-electron chi connectivity index (χ1n) is 7.45. The maximum absolute atomic E-state index is 5.95. The number of nitrogens with zero attached hydrogens (tertiary/aromatic N) is 2. The molecule has 3 heterocycles. The van der Waals surface area contributed by atoms with Crippen molar-refractivity contribution in [2.24, 2.45) is 0 Å². The Kier molecular flexibility index (Phi) is 4.60. The topological polar surface area (TPSA) is 44.0 Å². The molecular weight excluding hydrogens is 360 g/mol. The van der Waals surface area contributed by atoms with E-state index in [2.05, 4.69) is 50.2 Å². The maximum atomic E-state index is 5.95. The third-order valence-corrected chi connectivity index (χ3v) is 5.91. The molecule has 1 unspecified atom stereocenters. The Morgan fingerprint density at radius 1 is 1.25 bits per heavy atom. The summed E-state index contributed by atoms with van der Waals surface area (Å²) >= 11 is 9.53. The summed E-state index contributed by atoms with van der Waals surface area (Å²) in [5, 5.41) is 14.6. The summed E-state index contributed by atoms with van der Waals surface area (Å²) in [5.41, 5.74) is 3.67. The van der Waals surface area contributed by atoms with Crippen LogP contribution in [0.1, 0.15) is 11.3 Å². The molecule has 2 aromatic rings. The highest BCUT2D eigenvalue weighted by Crippen LogP contribution is 2.39. The number of allylic oxidation sites excluding steroid dienone is 1. The third-order valence-electron chi connectivity index (χ3n) is 3.69. The van der Waals surface area contributed by atoms with Gasteiger partial charge in [0, 0.05) is 23.2 Å². The largest absolute Gasteiger partial charge is 0.349 e. The monoisotopic (exact) mass is 374 g/mol. The van der Waals surface area contributed by atoms with E-state index in [0.29, 0.717) is 0 Å². The average molecular weight is 375 g/mol. The van der Waals surface area contributed by atoms with E-state index in [1.54, 1.807) is 29.7 Å². The molecule has 0 spiro atoms. The van der Waals surface area contributed by atoms with Crippen molar-refractivity contribution in [3.8, 4) is 0 Å². The fourth-order valence-corrected chi connectivity index (χ4v) is 4.55. The van der Waals surface area contributed by atoms with Gasteiger partial charge in [0.15, 0.2) is 5.50 Å². The van der Waals surface area contributed by atoms with Gasteiger partial charge in [-0.25, -0.2) is 0 Å². The molecule has 122 valence electrons. The number of fused-ring (bicyclic) bond motifs is 1. The van der Waals surface area contributed by atoms with Crippen molar-refractivity contribution in [1.82, 2.24) is 20.4 Å². The predicted molar refractivity (Wildman–Crippen MR) is 103 cm³/mol. The van der Waals surface area contributed by atoms with Crippen LogP contribution in [0.15, 0.2) is 64.9 Å². The first-order valence-corrected chi connectivity index (χ1v) is 9.76. The number of nitrogens with one attached hydrogen (secondary N) is 2. The molecule has 0 bridgehead atoms. The molecule has 7 heteroatoms. The highest BCUT2D eigenvalue weighted by molar-refractivity contribution is 8.03. The molecular formula is C17H15ClN4S2. The van der Waals surface area contributed by atoms with Crippen LogP contribution >= 0.6 is 35.1 Å². The zero-order valence-corrected chi connectivity index (χ0v) is 15.0. The normalized spacial score (nSPS) is 19.4. The standard InChI is InChI=1S/C17H15ClN4S2/c18-13-3-1-12(2-4-13)11-24-16-15(6-5-14-7-8-19-21-14)22-9-10-23-17(22)20-16/h1-10,17,20H,11H2,(H,19,21). The number of hydrogen-bond acceptors (Lipinski definition) is 5. The van der Waals surface area contributed by atoms with E-state index in [1.807, 2.05) is 24.3 Å². The molecule has 0 amide bonds. The third kappa shape index (κ3) is 3.36. The van der Waals surface area contributed by atoms with Crippen molar-refractivity contribution in [2.45, 2.75) is 11.3 Å². The first kappa shape index (κ1) is 15.7. The molecule has 2 aliphatic rings. The fraction of sp³-hybridized carbons (Fsp3) is 0.118. The molecule has 0 saturated carbocycles. The minimum Gasteiger partial charge on any atom is -0.349 e. The van der Waals surface area contributed by atoms with Gasteiger partial charge in [0.1, 0.15) is 0 Å². The van der Waals surface area contributed by atoms with Gasteiger partial charge in [-0.1, -0.05) is 35.5 Å². The van der Waals surface area contributed by atoms with Gasteiger partial charge in [-0.2, -0.15) is 5.10 Å². The van der Waals surface area contributed by atoms with Crippen molar-refractivity contribution < 1.29 is 0 Å². The predicted octanol–water partition coefficient (Wildman–Crippen LogP) is 4.59. The average Bonchev–Trinajstić information content (AvgIpc) is 3.30. The van der Waals surface area contributed by atoms with Gasteiger partial charge in [-0.05, 0) is 41.3 Å². The summed E-state index contributed by atoms with van der Waals surface area (Å²) in [6.45, 7) is 0. The van der Waals surface area contributed by atoms with Gasteiger partial charge >= 0.3 is 0 Å². The van der Waals surface area contributed by atoms with E-state index < -0.39 is 0 Å². The van der Waals surface area contributed by atoms with E-state index in [-0.39, 0.29) is 5.50 Å². The van der Waals surface area contributed by atoms with Gasteiger partial charge in [0.2, 0.25) is 0 Å². The van der Waals surface area contributed by atoms with Gasteiger partial charge in [0.05, 0.1) is 16.4 Å². The Balaban J connectivity index is 1.53. The van der Waals surface area contributed by atoms with Crippen LogP contribution in [0.2, 0.25) is 5.02 Å². The smallest absolute Gasteiger partial charge is 0.156 e. The van der Waals surface area contributed by atoms with Gasteiger partial charge < -0.3 is 10.2 Å². The second-order valence-corrected chi connectivity index (χ2v) is 7.71. The van der Waals surface area contributed by atoms with Crippen molar-refractivity contribution in [3.63, 3.8) is 0 Å². The zero-order valence-electron chi connectivity index (χ0n) is 12.6. The lowest BCUT2D eigenvalue weighted by Gasteiger charge is -2.16. The van der Waals surface area contributed by atoms with E-state index in [1.165, 1.54) is 16.3 Å². The number of halogens is 1. The summed E-state index contributed by atoms with van der Waals surface area (Å²) in [5.74, 6) is 0.899. The number of hydrogen-bond donors (Lipinski definition) is 2. The van der Waals surface area contributed by atoms with Crippen LogP contribution < -0.4 is 5.32 Å². The summed E-state index contributed by atoms with van der Waals surface area (Å²) in [4.78, 5) is 2.25. The van der Waals surface area contributed by atoms with Crippen molar-refractivity contribution in [1.29, 1.82) is 0 Å². The quantitative estimate of drug-likeness (QED) is 0.801. The van der Waals surface area contributed by atoms with E-state index in [0.717, 1.165) is 16.5 Å². The Bertz CT molecular complexity index is 797. The van der Waals surface area contributed by atoms with Crippen LogP contribution in [0.3, 0.4) is 0 Å². The second kappa shape index (κ2) is 7.01. The molecule has 2 aliphatic heterocycles. The number of rotatable bonds is 5. The molecule has 4 rings (SSSR count). The molecule has 0 saturated heterocycles. The molecule has 24 heavy (non-hydrogen) atoms. The zero-order chi connectivity index (χ0) is 16.4. The van der Waals surface area contributed by atoms with Gasteiger partial charge in [-0.15, -0.1) is 11.8 Å². The first-order chi connectivity index (χ1) is 11.8. The summed E-state index contributed by atoms with van der Waals surface area (Å²) in [6.07, 6.45) is 8.05. The van der Waals surface area contributed by atoms with Crippen LogP contribution in [0.25, 0.3) is 6.08 Å². The van der Waals surface area contributed by atoms with Crippen molar-refractivity contribution in [2.75, 3.05) is 0 Å². The molecule has 2 N–H and O–H groups in total. The highest BCUT2D eigenvalue weighted by atomic mass is 35.5. The van der Waals surface area contributed by atoms with E-state index in [4.69, 9.17) is 11.6 Å². The summed E-state index contributed by atoms with van der Waals surface area (Å²) < 4.78 is 0. The Morgan fingerprint density at radius 3 is 2.92 bits per heavy atom. The molecule has 4 nitrogen and oxygen atoms in total. The van der Waals surface area contributed by atoms with Crippen molar-refractivity contribution in [3.05, 3.63) is 81.2 Å². The molecule has 0 fully saturated rings. The van der Waals surface area contributed by atoms with E-state index >= 15 is 0 Å². The van der Waals surface area contributed by atoms with Gasteiger partial charge in [0.25, 0.3) is 0 Å². The van der Waals surface area contributed by atoms with Crippen LogP contribution in [0.5, 0.6) is 0 Å². The molecule has 1 aromatic heterocycles. The van der Waals surface area contributed by atoms with E-state index in [9.17, 15) is 0 Å². The maximum Gasteiger partial charge on any atom is 0.156 e. The Labute approximate surface area is 154 Å². The van der Waals surface area contributed by atoms with Crippen LogP contribution in [0.4, 0.5) is 0 Å². The lowest BCUT2D eigenvalue weighted by atomic mass is 10.2. The number of aromatic amines is 1. The SMILES string of the molecule is Clc1ccc(CSC2=C(C=Cc3ccn[nH]3)N3C=CSC3N2)cc1. The lowest BCUT2D eigenvalue weighted by molar-refractivity contribution is 0.472. The van der Waals surface area contributed by atoms with Crippen molar-refractivity contribution >= 4 is 41.2 Å². The van der Waals surface area contributed by atoms with Crippen LogP contribution in [0, 0.1) is 0 Å². The highest BCUT2D eigenvalue weighted by Gasteiger charge is 2.31. The van der Waals surface area contributed by atoms with Crippen LogP contribution in [-0.2, 0) is 5.75 Å². The molecule has 1 aromatic carbocycles. The number of thioether (sulfide) groups is 2. The summed E-state index contributed by atoms with van der Waals surface area (Å²) in [7, 11) is 0. The number of H-pyrrole nitrogens is 1. The minimum atomic E-state index is 0.249. The Morgan fingerprint density at radius 2 is 2.12 bits per heavy atom. The molecule has 1 atom stereocenters.